The van der Waals surface area contributed by atoms with E-state index < -0.39 is 42.7 Å². The Bertz CT molecular complexity index is 769. The Morgan fingerprint density at radius 2 is 1.92 bits per heavy atom. The number of amides is 1. The first-order valence-corrected chi connectivity index (χ1v) is 7.29. The molecule has 2 N–H and O–H groups in total. The molecule has 0 radical (unpaired) electrons. The lowest BCUT2D eigenvalue weighted by atomic mass is 10.2. The number of hydrogen-bond acceptors (Lipinski definition) is 3. The van der Waals surface area contributed by atoms with E-state index in [4.69, 9.17) is 0 Å². The molecule has 1 unspecified atom stereocenters. The van der Waals surface area contributed by atoms with Crippen molar-refractivity contribution in [3.63, 3.8) is 0 Å². The van der Waals surface area contributed by atoms with E-state index in [0.29, 0.717) is 0 Å². The Morgan fingerprint density at radius 3 is 2.48 bits per heavy atom. The third-order valence-corrected chi connectivity index (χ3v) is 3.74. The maximum absolute atomic E-state index is 13.1. The van der Waals surface area contributed by atoms with Crippen molar-refractivity contribution in [1.29, 1.82) is 0 Å². The van der Waals surface area contributed by atoms with E-state index >= 15 is 0 Å². The minimum Gasteiger partial charge on any atom is -0.325 e. The molecule has 134 valence electrons. The number of halogens is 5. The van der Waals surface area contributed by atoms with Crippen molar-refractivity contribution in [2.24, 2.45) is 0 Å². The summed E-state index contributed by atoms with van der Waals surface area (Å²) in [5.74, 6) is -3.56. The summed E-state index contributed by atoms with van der Waals surface area (Å²) in [7, 11) is 0. The highest BCUT2D eigenvalue weighted by molar-refractivity contribution is 5.95. The lowest BCUT2D eigenvalue weighted by Gasteiger charge is -2.13. The van der Waals surface area contributed by atoms with Crippen LogP contribution >= 0.6 is 0 Å². The zero-order chi connectivity index (χ0) is 18.2. The third kappa shape index (κ3) is 3.78. The zero-order valence-corrected chi connectivity index (χ0v) is 12.6. The fourth-order valence-electron chi connectivity index (χ4n) is 2.54. The van der Waals surface area contributed by atoms with Gasteiger partial charge < -0.3 is 5.32 Å². The molecule has 0 spiro atoms. The topological polar surface area (TPSA) is 59.0 Å². The summed E-state index contributed by atoms with van der Waals surface area (Å²) >= 11 is 0. The van der Waals surface area contributed by atoms with Gasteiger partial charge in [0.15, 0.2) is 0 Å². The number of alkyl halides is 5. The first kappa shape index (κ1) is 17.3. The van der Waals surface area contributed by atoms with Crippen LogP contribution in [0.5, 0.6) is 0 Å². The second kappa shape index (κ2) is 6.10. The molecular formula is C15H13F5N4O. The van der Waals surface area contributed by atoms with Gasteiger partial charge in [-0.3, -0.25) is 10.1 Å². The van der Waals surface area contributed by atoms with E-state index in [-0.39, 0.29) is 11.4 Å². The van der Waals surface area contributed by atoms with E-state index in [1.165, 1.54) is 24.3 Å². The van der Waals surface area contributed by atoms with Crippen LogP contribution in [0.3, 0.4) is 0 Å². The molecule has 2 heterocycles. The van der Waals surface area contributed by atoms with Gasteiger partial charge in [-0.25, -0.2) is 13.5 Å². The van der Waals surface area contributed by atoms with Crippen molar-refractivity contribution >= 4 is 11.6 Å². The monoisotopic (exact) mass is 360 g/mol. The molecule has 1 aliphatic heterocycles. The molecular weight excluding hydrogens is 347 g/mol. The molecule has 0 bridgehead atoms. The van der Waals surface area contributed by atoms with Crippen LogP contribution in [0.4, 0.5) is 27.6 Å². The highest BCUT2D eigenvalue weighted by Gasteiger charge is 2.42. The second-order valence-corrected chi connectivity index (χ2v) is 5.66. The largest absolute Gasteiger partial charge is 0.433 e. The normalized spacial score (nSPS) is 19.8. The van der Waals surface area contributed by atoms with Gasteiger partial charge in [0, 0.05) is 12.1 Å². The predicted molar refractivity (Wildman–Crippen MR) is 78.6 cm³/mol. The van der Waals surface area contributed by atoms with Crippen LogP contribution < -0.4 is 10.6 Å². The van der Waals surface area contributed by atoms with Crippen molar-refractivity contribution in [3.8, 4) is 5.69 Å². The fourth-order valence-corrected chi connectivity index (χ4v) is 2.54. The van der Waals surface area contributed by atoms with E-state index in [9.17, 15) is 26.7 Å². The zero-order valence-electron chi connectivity index (χ0n) is 12.6. The van der Waals surface area contributed by atoms with Crippen molar-refractivity contribution in [1.82, 2.24) is 15.1 Å². The molecule has 5 nitrogen and oxygen atoms in total. The Kier molecular flexibility index (Phi) is 4.23. The van der Waals surface area contributed by atoms with Crippen molar-refractivity contribution in [3.05, 3.63) is 42.2 Å². The van der Waals surface area contributed by atoms with Gasteiger partial charge in [0.2, 0.25) is 5.91 Å². The summed E-state index contributed by atoms with van der Waals surface area (Å²) < 4.78 is 65.5. The van der Waals surface area contributed by atoms with Crippen LogP contribution in [0.1, 0.15) is 12.1 Å². The summed E-state index contributed by atoms with van der Waals surface area (Å²) in [5, 5.41) is 8.51. The molecule has 1 amide bonds. The Hall–Kier alpha value is -2.49. The maximum Gasteiger partial charge on any atom is 0.433 e. The molecule has 1 aromatic carbocycles. The maximum atomic E-state index is 13.1. The average molecular weight is 360 g/mol. The van der Waals surface area contributed by atoms with Crippen LogP contribution in [0.15, 0.2) is 36.5 Å². The quantitative estimate of drug-likeness (QED) is 0.828. The molecule has 1 aliphatic rings. The van der Waals surface area contributed by atoms with Crippen molar-refractivity contribution < 1.29 is 26.7 Å². The SMILES string of the molecule is O=C(Nc1ccc(-n2nccc2C(F)(F)F)cc1)C1CC(F)(F)CN1. The number of anilines is 1. The number of nitrogens with one attached hydrogen (secondary N) is 2. The van der Waals surface area contributed by atoms with Crippen molar-refractivity contribution in [2.75, 3.05) is 11.9 Å². The van der Waals surface area contributed by atoms with Gasteiger partial charge in [-0.2, -0.15) is 18.3 Å². The highest BCUT2D eigenvalue weighted by atomic mass is 19.4. The number of carbonyl (C=O) groups excluding carboxylic acids is 1. The van der Waals surface area contributed by atoms with E-state index in [1.54, 1.807) is 0 Å². The molecule has 1 atom stereocenters. The highest BCUT2D eigenvalue weighted by Crippen LogP contribution is 2.31. The first-order valence-electron chi connectivity index (χ1n) is 7.29. The van der Waals surface area contributed by atoms with E-state index in [2.05, 4.69) is 15.7 Å². The fraction of sp³-hybridized carbons (Fsp3) is 0.333. The van der Waals surface area contributed by atoms with E-state index in [0.717, 1.165) is 16.9 Å². The van der Waals surface area contributed by atoms with Crippen LogP contribution in [0.25, 0.3) is 5.69 Å². The smallest absolute Gasteiger partial charge is 0.325 e. The lowest BCUT2D eigenvalue weighted by molar-refractivity contribution is -0.142. The Labute approximate surface area is 138 Å². The van der Waals surface area contributed by atoms with Gasteiger partial charge in [0.25, 0.3) is 5.92 Å². The summed E-state index contributed by atoms with van der Waals surface area (Å²) in [6.07, 6.45) is -4.12. The standard InChI is InChI=1S/C15H13F5N4O/c16-14(17)7-11(21-8-14)13(25)23-9-1-3-10(4-2-9)24-12(5-6-22-24)15(18,19)20/h1-6,11,21H,7-8H2,(H,23,25). The molecule has 10 heteroatoms. The van der Waals surface area contributed by atoms with Gasteiger partial charge in [0.1, 0.15) is 5.69 Å². The van der Waals surface area contributed by atoms with Crippen molar-refractivity contribution in [2.45, 2.75) is 24.6 Å². The second-order valence-electron chi connectivity index (χ2n) is 5.66. The first-order chi connectivity index (χ1) is 11.7. The third-order valence-electron chi connectivity index (χ3n) is 3.74. The molecule has 1 aromatic heterocycles. The summed E-state index contributed by atoms with van der Waals surface area (Å²) in [5.41, 5.74) is -0.492. The molecule has 0 saturated carbocycles. The molecule has 1 fully saturated rings. The molecule has 2 aromatic rings. The van der Waals surface area contributed by atoms with Gasteiger partial charge in [-0.15, -0.1) is 0 Å². The number of carbonyl (C=O) groups is 1. The average Bonchev–Trinajstić information content (AvgIpc) is 3.14. The summed E-state index contributed by atoms with van der Waals surface area (Å²) in [6.45, 7) is -0.566. The van der Waals surface area contributed by atoms with Crippen LogP contribution in [0, 0.1) is 0 Å². The van der Waals surface area contributed by atoms with Crippen LogP contribution in [0.2, 0.25) is 0 Å². The molecule has 1 saturated heterocycles. The van der Waals surface area contributed by atoms with Crippen LogP contribution in [-0.2, 0) is 11.0 Å². The number of benzene rings is 1. The van der Waals surface area contributed by atoms with Gasteiger partial charge in [-0.05, 0) is 30.3 Å². The van der Waals surface area contributed by atoms with Crippen LogP contribution in [-0.4, -0.2) is 34.2 Å². The lowest BCUT2D eigenvalue weighted by Crippen LogP contribution is -2.35. The van der Waals surface area contributed by atoms with Gasteiger partial charge in [0.05, 0.1) is 24.5 Å². The molecule has 25 heavy (non-hydrogen) atoms. The predicted octanol–water partition coefficient (Wildman–Crippen LogP) is 2.83. The number of rotatable bonds is 3. The van der Waals surface area contributed by atoms with Gasteiger partial charge >= 0.3 is 6.18 Å². The summed E-state index contributed by atoms with van der Waals surface area (Å²) in [4.78, 5) is 11.9. The minimum atomic E-state index is -4.55. The summed E-state index contributed by atoms with van der Waals surface area (Å²) in [6, 6.07) is 5.27. The number of hydrogen-bond donors (Lipinski definition) is 2. The Morgan fingerprint density at radius 1 is 1.24 bits per heavy atom. The number of aromatic nitrogens is 2. The minimum absolute atomic E-state index is 0.154. The van der Waals surface area contributed by atoms with Gasteiger partial charge in [-0.1, -0.05) is 0 Å². The molecule has 3 rings (SSSR count). The Balaban J connectivity index is 1.71. The molecule has 0 aliphatic carbocycles. The van der Waals surface area contributed by atoms with E-state index in [1.807, 2.05) is 0 Å². The number of nitrogens with zero attached hydrogens (tertiary/aromatic N) is 2.